The summed E-state index contributed by atoms with van der Waals surface area (Å²) < 4.78 is 46.4. The Labute approximate surface area is 347 Å². The normalized spacial score (nSPS) is 26.7. The molecule has 2 aliphatic rings. The van der Waals surface area contributed by atoms with Gasteiger partial charge in [-0.15, -0.1) is 0 Å². The molecule has 5 aromatic rings. The fraction of sp³-hybridized carbons (Fsp3) is 0.326. The van der Waals surface area contributed by atoms with Gasteiger partial charge in [0.05, 0.1) is 38.1 Å². The van der Waals surface area contributed by atoms with E-state index >= 15 is 0 Å². The summed E-state index contributed by atoms with van der Waals surface area (Å²) in [5.41, 5.74) is 12.2. The molecule has 0 aliphatic carbocycles. The van der Waals surface area contributed by atoms with Crippen LogP contribution < -0.4 is 0 Å². The number of carbonyl (C=O) groups is 1. The Morgan fingerprint density at radius 2 is 1.15 bits per heavy atom. The van der Waals surface area contributed by atoms with E-state index in [0.29, 0.717) is 0 Å². The van der Waals surface area contributed by atoms with Crippen molar-refractivity contribution in [3.05, 3.63) is 184 Å². The van der Waals surface area contributed by atoms with Crippen molar-refractivity contribution in [3.8, 4) is 0 Å². The molecule has 2 aliphatic heterocycles. The molecule has 59 heavy (non-hydrogen) atoms. The first-order valence-electron chi connectivity index (χ1n) is 19.6. The highest BCUT2D eigenvalue weighted by Crippen LogP contribution is 2.40. The summed E-state index contributed by atoms with van der Waals surface area (Å²) in [6.07, 6.45) is -7.59. The zero-order valence-corrected chi connectivity index (χ0v) is 33.3. The van der Waals surface area contributed by atoms with E-state index < -0.39 is 73.1 Å². The molecule has 12 nitrogen and oxygen atoms in total. The van der Waals surface area contributed by atoms with E-state index in [1.165, 1.54) is 11.8 Å². The first-order valence-corrected chi connectivity index (χ1v) is 20.4. The highest BCUT2D eigenvalue weighted by Gasteiger charge is 2.54. The molecule has 0 radical (unpaired) electrons. The Hall–Kier alpha value is -5.05. The van der Waals surface area contributed by atoms with Crippen LogP contribution in [0.15, 0.2) is 162 Å². The van der Waals surface area contributed by atoms with Gasteiger partial charge in [-0.25, -0.2) is 4.79 Å². The number of aliphatic hydroxyl groups is 1. The molecule has 2 fully saturated rings. The largest absolute Gasteiger partial charge is 0.453 e. The van der Waals surface area contributed by atoms with Gasteiger partial charge in [0.15, 0.2) is 12.4 Å². The van der Waals surface area contributed by atoms with Crippen molar-refractivity contribution < 1.29 is 43.1 Å². The van der Waals surface area contributed by atoms with Gasteiger partial charge in [0.2, 0.25) is 0 Å². The second-order valence-corrected chi connectivity index (χ2v) is 15.4. The molecule has 0 aromatic heterocycles. The molecule has 0 saturated carbocycles. The molecule has 0 spiro atoms. The summed E-state index contributed by atoms with van der Waals surface area (Å²) in [7, 11) is 0. The van der Waals surface area contributed by atoms with Crippen molar-refractivity contribution in [2.45, 2.75) is 92.1 Å². The van der Waals surface area contributed by atoms with Gasteiger partial charge in [-0.2, -0.15) is 0 Å². The maximum atomic E-state index is 13.7. The van der Waals surface area contributed by atoms with Crippen molar-refractivity contribution in [1.29, 1.82) is 0 Å². The van der Waals surface area contributed by atoms with Crippen LogP contribution in [-0.2, 0) is 53.0 Å². The summed E-state index contributed by atoms with van der Waals surface area (Å²) >= 11 is 1.30. The van der Waals surface area contributed by atoms with Crippen LogP contribution in [0.5, 0.6) is 0 Å². The zero-order valence-electron chi connectivity index (χ0n) is 32.5. The molecule has 10 atom stereocenters. The lowest BCUT2D eigenvalue weighted by atomic mass is 9.96. The Bertz CT molecular complexity index is 2070. The second-order valence-electron chi connectivity index (χ2n) is 14.2. The molecule has 0 amide bonds. The molecule has 306 valence electrons. The summed E-state index contributed by atoms with van der Waals surface area (Å²) in [5.74, 6) is -0.673. The highest BCUT2D eigenvalue weighted by molar-refractivity contribution is 7.99. The maximum absolute atomic E-state index is 13.7. The fourth-order valence-corrected chi connectivity index (χ4v) is 8.28. The van der Waals surface area contributed by atoms with Gasteiger partial charge in [0.25, 0.3) is 0 Å². The first kappa shape index (κ1) is 42.1. The average molecular weight is 818 g/mol. The number of rotatable bonds is 17. The summed E-state index contributed by atoms with van der Waals surface area (Å²) in [4.78, 5) is 17.7. The van der Waals surface area contributed by atoms with Crippen LogP contribution in [0.1, 0.15) is 34.0 Å². The number of azide groups is 1. The number of hydrogen-bond acceptors (Lipinski definition) is 11. The number of ether oxygens (including phenoxy) is 7. The van der Waals surface area contributed by atoms with Crippen molar-refractivity contribution in [2.75, 3.05) is 6.61 Å². The van der Waals surface area contributed by atoms with Crippen LogP contribution in [0, 0.1) is 0 Å². The third kappa shape index (κ3) is 11.2. The van der Waals surface area contributed by atoms with E-state index in [4.69, 9.17) is 33.2 Å². The third-order valence-corrected chi connectivity index (χ3v) is 11.3. The predicted molar refractivity (Wildman–Crippen MR) is 221 cm³/mol. The highest BCUT2D eigenvalue weighted by atomic mass is 32.2. The van der Waals surface area contributed by atoms with Crippen LogP contribution in [0.2, 0.25) is 0 Å². The van der Waals surface area contributed by atoms with Crippen LogP contribution in [0.25, 0.3) is 10.4 Å². The molecule has 2 saturated heterocycles. The Morgan fingerprint density at radius 3 is 1.68 bits per heavy atom. The summed E-state index contributed by atoms with van der Waals surface area (Å²) in [6, 6.07) is 46.2. The lowest BCUT2D eigenvalue weighted by molar-refractivity contribution is -0.341. The van der Waals surface area contributed by atoms with Crippen molar-refractivity contribution in [1.82, 2.24) is 0 Å². The predicted octanol–water partition coefficient (Wildman–Crippen LogP) is 8.29. The molecule has 1 N–H and O–H groups in total. The topological polar surface area (TPSA) is 151 Å². The van der Waals surface area contributed by atoms with Crippen molar-refractivity contribution >= 4 is 17.7 Å². The van der Waals surface area contributed by atoms with E-state index in [0.717, 1.165) is 21.6 Å². The lowest BCUT2D eigenvalue weighted by Gasteiger charge is -2.49. The maximum Gasteiger partial charge on any atom is 0.338 e. The number of thioether (sulfide) groups is 1. The lowest BCUT2D eigenvalue weighted by Crippen LogP contribution is -2.64. The second kappa shape index (κ2) is 21.3. The molecule has 0 bridgehead atoms. The van der Waals surface area contributed by atoms with E-state index in [2.05, 4.69) is 10.0 Å². The number of hydrogen-bond donors (Lipinski definition) is 1. The first-order chi connectivity index (χ1) is 29.0. The van der Waals surface area contributed by atoms with Crippen LogP contribution in [0.3, 0.4) is 0 Å². The molecule has 13 heteroatoms. The number of carbonyl (C=O) groups excluding carboxylic acids is 1. The molecule has 0 unspecified atom stereocenters. The molecule has 2 heterocycles. The number of benzene rings is 5. The van der Waals surface area contributed by atoms with E-state index in [9.17, 15) is 15.4 Å². The van der Waals surface area contributed by atoms with E-state index in [1.54, 1.807) is 30.3 Å². The van der Waals surface area contributed by atoms with Gasteiger partial charge in [-0.1, -0.05) is 144 Å². The van der Waals surface area contributed by atoms with Gasteiger partial charge in [0, 0.05) is 9.81 Å². The van der Waals surface area contributed by atoms with Crippen LogP contribution >= 0.6 is 11.8 Å². The Kier molecular flexibility index (Phi) is 15.2. The summed E-state index contributed by atoms with van der Waals surface area (Å²) in [6.45, 7) is 2.04. The van der Waals surface area contributed by atoms with Gasteiger partial charge < -0.3 is 38.3 Å². The molecular formula is C46H47N3O9S. The minimum Gasteiger partial charge on any atom is -0.453 e. The van der Waals surface area contributed by atoms with Crippen molar-refractivity contribution in [2.24, 2.45) is 5.11 Å². The van der Waals surface area contributed by atoms with Crippen molar-refractivity contribution in [3.63, 3.8) is 0 Å². The number of esters is 1. The molecule has 7 rings (SSSR count). The molecular weight excluding hydrogens is 771 g/mol. The van der Waals surface area contributed by atoms with Gasteiger partial charge in [0.1, 0.15) is 42.0 Å². The number of nitrogens with zero attached hydrogens (tertiary/aromatic N) is 3. The molecule has 5 aromatic carbocycles. The van der Waals surface area contributed by atoms with Crippen LogP contribution in [0.4, 0.5) is 0 Å². The average Bonchev–Trinajstić information content (AvgIpc) is 3.28. The monoisotopic (exact) mass is 817 g/mol. The third-order valence-electron chi connectivity index (χ3n) is 10.1. The minimum atomic E-state index is -1.25. The quantitative estimate of drug-likeness (QED) is 0.0420. The summed E-state index contributed by atoms with van der Waals surface area (Å²) in [5, 5.41) is 15.0. The Balaban J connectivity index is 1.26. The smallest absolute Gasteiger partial charge is 0.338 e. The van der Waals surface area contributed by atoms with E-state index in [-0.39, 0.29) is 25.4 Å². The van der Waals surface area contributed by atoms with Gasteiger partial charge in [-0.3, -0.25) is 0 Å². The van der Waals surface area contributed by atoms with E-state index in [1.807, 2.05) is 128 Å². The van der Waals surface area contributed by atoms with Crippen LogP contribution in [-0.4, -0.2) is 78.2 Å². The zero-order chi connectivity index (χ0) is 40.8. The fourth-order valence-electron chi connectivity index (χ4n) is 7.15. The van der Waals surface area contributed by atoms with Gasteiger partial charge in [-0.05, 0) is 53.4 Å². The Morgan fingerprint density at radius 1 is 0.661 bits per heavy atom. The number of aliphatic hydroxyl groups excluding tert-OH is 1. The van der Waals surface area contributed by atoms with Gasteiger partial charge >= 0.3 is 5.97 Å². The minimum absolute atomic E-state index is 0.172. The standard InChI is InChI=1S/C46H47N3O9S/c1-31-39(52-28-32-17-7-2-8-18-32)42(53-29-33-19-9-3-10-20-33)43(54-30-34-21-11-4-12-22-34)45(55-31)58-41-38(48-49-47)46(59-36-25-15-6-16-26-36)56-37(27-50)40(41)57-44(51)35-23-13-5-14-24-35/h2-26,31,37-43,45-46,50H,27-30H2,1H3/t31-,37-,38-,39-,40+,41-,42+,43+,45-,46+/m0/s1. The SMILES string of the molecule is C[C@@H]1O[C@@H](O[C@H]2[C@H](N=[N+]=[N-])[C@@H](Sc3ccccc3)O[C@@H](CO)[C@H]2OC(=O)c2ccccc2)[C@H](OCc2ccccc2)[C@H](OCc2ccccc2)[C@H]1OCc1ccccc1.